The van der Waals surface area contributed by atoms with E-state index in [2.05, 4.69) is 41.3 Å². The molecule has 0 spiro atoms. The van der Waals surface area contributed by atoms with E-state index < -0.39 is 0 Å². The van der Waals surface area contributed by atoms with Crippen molar-refractivity contribution in [3.05, 3.63) is 21.1 Å². The molecule has 1 aromatic heterocycles. The van der Waals surface area contributed by atoms with Crippen molar-refractivity contribution in [2.45, 2.75) is 4.90 Å². The van der Waals surface area contributed by atoms with Gasteiger partial charge in [0, 0.05) is 0 Å². The average molecular weight is 308 g/mol. The lowest BCUT2D eigenvalue weighted by Crippen LogP contribution is -1.68. The Hall–Kier alpha value is 0.0600. The van der Waals surface area contributed by atoms with Crippen molar-refractivity contribution in [3.63, 3.8) is 0 Å². The minimum atomic E-state index is 0.254. The van der Waals surface area contributed by atoms with Gasteiger partial charge < -0.3 is 5.11 Å². The molecule has 2 rings (SSSR count). The third-order valence-corrected chi connectivity index (χ3v) is 4.14. The van der Waals surface area contributed by atoms with Crippen LogP contribution in [0.2, 0.25) is 0 Å². The van der Waals surface area contributed by atoms with Crippen molar-refractivity contribution in [2.24, 2.45) is 0 Å². The van der Waals surface area contributed by atoms with Gasteiger partial charge in [0.1, 0.15) is 5.75 Å². The van der Waals surface area contributed by atoms with Crippen molar-refractivity contribution in [1.29, 1.82) is 0 Å². The molecular weight excluding hydrogens is 303 g/mol. The zero-order valence-electron chi connectivity index (χ0n) is 5.91. The van der Waals surface area contributed by atoms with Crippen molar-refractivity contribution < 1.29 is 5.11 Å². The first-order valence-corrected chi connectivity index (χ1v) is 5.62. The lowest BCUT2D eigenvalue weighted by Gasteiger charge is -1.96. The number of hydrogen-bond donors (Lipinski definition) is 2. The van der Waals surface area contributed by atoms with Gasteiger partial charge in [0.15, 0.2) is 0 Å². The molecule has 0 aliphatic carbocycles. The number of aromatic hydroxyl groups is 1. The molecule has 1 N–H and O–H groups in total. The zero-order chi connectivity index (χ0) is 8.72. The summed E-state index contributed by atoms with van der Waals surface area (Å²) in [7, 11) is 0. The summed E-state index contributed by atoms with van der Waals surface area (Å²) in [6.45, 7) is 0. The molecule has 0 unspecified atom stereocenters. The summed E-state index contributed by atoms with van der Waals surface area (Å²) in [6, 6.07) is 5.66. The highest BCUT2D eigenvalue weighted by molar-refractivity contribution is 14.1. The maximum Gasteiger partial charge on any atom is 0.130 e. The SMILES string of the molecule is Oc1ccc2cc(I)sc2c1S. The highest BCUT2D eigenvalue weighted by atomic mass is 127. The smallest absolute Gasteiger partial charge is 0.130 e. The quantitative estimate of drug-likeness (QED) is 0.564. The Kier molecular flexibility index (Phi) is 2.22. The molecule has 0 fully saturated rings. The van der Waals surface area contributed by atoms with Crippen LogP contribution in [0.25, 0.3) is 10.1 Å². The number of phenols is 1. The van der Waals surface area contributed by atoms with Gasteiger partial charge in [-0.15, -0.1) is 24.0 Å². The zero-order valence-corrected chi connectivity index (χ0v) is 9.78. The predicted octanol–water partition coefficient (Wildman–Crippen LogP) is 3.50. The summed E-state index contributed by atoms with van der Waals surface area (Å²) in [5.41, 5.74) is 0. The minimum absolute atomic E-state index is 0.254. The molecule has 1 nitrogen and oxygen atoms in total. The normalized spacial score (nSPS) is 10.8. The molecule has 0 saturated carbocycles. The van der Waals surface area contributed by atoms with Gasteiger partial charge in [0.05, 0.1) is 12.5 Å². The average Bonchev–Trinajstić information content (AvgIpc) is 2.39. The van der Waals surface area contributed by atoms with Gasteiger partial charge in [-0.1, -0.05) is 0 Å². The van der Waals surface area contributed by atoms with Crippen LogP contribution in [-0.4, -0.2) is 5.11 Å². The maximum atomic E-state index is 9.35. The minimum Gasteiger partial charge on any atom is -0.507 e. The molecule has 1 heterocycles. The van der Waals surface area contributed by atoms with E-state index in [1.165, 1.54) is 2.88 Å². The summed E-state index contributed by atoms with van der Waals surface area (Å²) >= 11 is 8.14. The molecule has 0 bridgehead atoms. The number of fused-ring (bicyclic) bond motifs is 1. The number of benzene rings is 1. The van der Waals surface area contributed by atoms with E-state index in [9.17, 15) is 5.11 Å². The lowest BCUT2D eigenvalue weighted by atomic mass is 10.2. The largest absolute Gasteiger partial charge is 0.507 e. The molecule has 4 heteroatoms. The molecule has 0 aliphatic rings. The first-order valence-electron chi connectivity index (χ1n) is 3.28. The van der Waals surface area contributed by atoms with Gasteiger partial charge in [0.25, 0.3) is 0 Å². The van der Waals surface area contributed by atoms with Gasteiger partial charge in [-0.25, -0.2) is 0 Å². The van der Waals surface area contributed by atoms with E-state index in [-0.39, 0.29) is 5.75 Å². The molecule has 12 heavy (non-hydrogen) atoms. The molecule has 0 aliphatic heterocycles. The first kappa shape index (κ1) is 8.65. The summed E-state index contributed by atoms with van der Waals surface area (Å²) in [5.74, 6) is 0.254. The number of rotatable bonds is 0. The van der Waals surface area contributed by atoms with E-state index >= 15 is 0 Å². The van der Waals surface area contributed by atoms with Gasteiger partial charge in [-0.2, -0.15) is 0 Å². The fourth-order valence-corrected chi connectivity index (χ4v) is 3.21. The van der Waals surface area contributed by atoms with Crippen molar-refractivity contribution in [2.75, 3.05) is 0 Å². The van der Waals surface area contributed by atoms with Crippen LogP contribution in [0.5, 0.6) is 5.75 Å². The standard InChI is InChI=1S/C8H5IOS2/c9-6-3-4-1-2-5(10)7(11)8(4)12-6/h1-3,10-11H. The highest BCUT2D eigenvalue weighted by Crippen LogP contribution is 2.36. The lowest BCUT2D eigenvalue weighted by molar-refractivity contribution is 0.464. The molecule has 62 valence electrons. The third-order valence-electron chi connectivity index (χ3n) is 1.61. The van der Waals surface area contributed by atoms with Crippen LogP contribution in [0.1, 0.15) is 0 Å². The fourth-order valence-electron chi connectivity index (χ4n) is 1.05. The fraction of sp³-hybridized carbons (Fsp3) is 0. The number of halogens is 1. The van der Waals surface area contributed by atoms with Crippen LogP contribution in [-0.2, 0) is 0 Å². The molecule has 1 aromatic carbocycles. The Labute approximate surface area is 93.0 Å². The van der Waals surface area contributed by atoms with E-state index in [0.29, 0.717) is 4.90 Å². The van der Waals surface area contributed by atoms with Crippen LogP contribution >= 0.6 is 46.6 Å². The van der Waals surface area contributed by atoms with Crippen LogP contribution in [0, 0.1) is 2.88 Å². The Morgan fingerprint density at radius 3 is 2.92 bits per heavy atom. The van der Waals surface area contributed by atoms with Crippen LogP contribution in [0.15, 0.2) is 23.1 Å². The summed E-state index contributed by atoms with van der Waals surface area (Å²) in [4.78, 5) is 0.681. The highest BCUT2D eigenvalue weighted by Gasteiger charge is 2.05. The Morgan fingerprint density at radius 1 is 1.42 bits per heavy atom. The van der Waals surface area contributed by atoms with Gasteiger partial charge >= 0.3 is 0 Å². The molecule has 0 radical (unpaired) electrons. The van der Waals surface area contributed by atoms with Crippen LogP contribution in [0.4, 0.5) is 0 Å². The predicted molar refractivity (Wildman–Crippen MR) is 63.5 cm³/mol. The van der Waals surface area contributed by atoms with Gasteiger partial charge in [0.2, 0.25) is 0 Å². The maximum absolute atomic E-state index is 9.35. The summed E-state index contributed by atoms with van der Waals surface area (Å²) in [6.07, 6.45) is 0. The van der Waals surface area contributed by atoms with Crippen molar-refractivity contribution >= 4 is 56.6 Å². The van der Waals surface area contributed by atoms with Crippen molar-refractivity contribution in [1.82, 2.24) is 0 Å². The molecule has 0 amide bonds. The van der Waals surface area contributed by atoms with E-state index in [1.807, 2.05) is 6.07 Å². The van der Waals surface area contributed by atoms with Crippen LogP contribution in [0.3, 0.4) is 0 Å². The number of thiol groups is 1. The second-order valence-electron chi connectivity index (χ2n) is 2.40. The van der Waals surface area contributed by atoms with Gasteiger partial charge in [-0.3, -0.25) is 0 Å². The molecule has 2 aromatic rings. The molecule has 0 atom stereocenters. The Balaban J connectivity index is 2.89. The number of phenolic OH excluding ortho intramolecular Hbond substituents is 1. The van der Waals surface area contributed by atoms with Crippen LogP contribution < -0.4 is 0 Å². The Bertz CT molecular complexity index is 436. The van der Waals surface area contributed by atoms with Crippen molar-refractivity contribution in [3.8, 4) is 5.75 Å². The molecule has 0 saturated heterocycles. The van der Waals surface area contributed by atoms with E-state index in [0.717, 1.165) is 10.1 Å². The number of hydrogen-bond acceptors (Lipinski definition) is 3. The second kappa shape index (κ2) is 3.08. The molecular formula is C8H5IOS2. The van der Waals surface area contributed by atoms with E-state index in [1.54, 1.807) is 17.4 Å². The second-order valence-corrected chi connectivity index (χ2v) is 5.80. The Morgan fingerprint density at radius 2 is 2.17 bits per heavy atom. The summed E-state index contributed by atoms with van der Waals surface area (Å²) < 4.78 is 2.27. The van der Waals surface area contributed by atoms with E-state index in [4.69, 9.17) is 0 Å². The number of thiophene rings is 1. The topological polar surface area (TPSA) is 20.2 Å². The third kappa shape index (κ3) is 1.31. The monoisotopic (exact) mass is 308 g/mol. The first-order chi connectivity index (χ1) is 5.68. The summed E-state index contributed by atoms with van der Waals surface area (Å²) in [5, 5.41) is 10.5. The van der Waals surface area contributed by atoms with Gasteiger partial charge in [-0.05, 0) is 46.2 Å².